The molecule has 130 valence electrons. The lowest BCUT2D eigenvalue weighted by Crippen LogP contribution is -2.68. The minimum Gasteiger partial charge on any atom is -0.393 e. The van der Waals surface area contributed by atoms with E-state index >= 15 is 0 Å². The van der Waals surface area contributed by atoms with Crippen LogP contribution in [0.15, 0.2) is 12.2 Å². The van der Waals surface area contributed by atoms with E-state index in [-0.39, 0.29) is 16.7 Å². The third-order valence-corrected chi connectivity index (χ3v) is 8.36. The highest BCUT2D eigenvalue weighted by Crippen LogP contribution is 2.70. The van der Waals surface area contributed by atoms with Crippen molar-refractivity contribution in [1.29, 1.82) is 0 Å². The van der Waals surface area contributed by atoms with E-state index in [1.165, 1.54) is 5.57 Å². The van der Waals surface area contributed by atoms with E-state index in [1.807, 2.05) is 0 Å². The summed E-state index contributed by atoms with van der Waals surface area (Å²) in [6.45, 7) is 6.05. The summed E-state index contributed by atoms with van der Waals surface area (Å²) in [6, 6.07) is 0. The first-order valence-corrected chi connectivity index (χ1v) is 9.15. The van der Waals surface area contributed by atoms with Gasteiger partial charge in [0.15, 0.2) is 0 Å². The lowest BCUT2D eigenvalue weighted by Gasteiger charge is -2.65. The monoisotopic (exact) mass is 322 g/mol. The number of aliphatic hydroxyl groups excluding tert-OH is 3. The highest BCUT2D eigenvalue weighted by atomic mass is 16.4. The van der Waals surface area contributed by atoms with Crippen molar-refractivity contribution in [2.24, 2.45) is 28.6 Å². The van der Waals surface area contributed by atoms with Crippen molar-refractivity contribution in [3.05, 3.63) is 12.2 Å². The molecular weight excluding hydrogens is 292 g/mol. The first-order chi connectivity index (χ1) is 10.8. The molecule has 23 heavy (non-hydrogen) atoms. The molecule has 0 amide bonds. The molecule has 4 fully saturated rings. The number of hydrogen-bond acceptors (Lipinski definition) is 4. The second kappa shape index (κ2) is 4.81. The molecule has 4 heteroatoms. The summed E-state index contributed by atoms with van der Waals surface area (Å²) in [6.07, 6.45) is 4.60. The van der Waals surface area contributed by atoms with Gasteiger partial charge in [-0.3, -0.25) is 0 Å². The van der Waals surface area contributed by atoms with Crippen molar-refractivity contribution in [1.82, 2.24) is 0 Å². The van der Waals surface area contributed by atoms with Gasteiger partial charge in [0.1, 0.15) is 5.60 Å². The highest BCUT2D eigenvalue weighted by molar-refractivity contribution is 5.25. The Labute approximate surface area is 138 Å². The zero-order valence-electron chi connectivity index (χ0n) is 14.0. The summed E-state index contributed by atoms with van der Waals surface area (Å²) in [4.78, 5) is 0. The Morgan fingerprint density at radius 3 is 2.57 bits per heavy atom. The van der Waals surface area contributed by atoms with Crippen molar-refractivity contribution >= 4 is 0 Å². The molecule has 0 aliphatic heterocycles. The molecule has 8 atom stereocenters. The smallest absolute Gasteiger partial charge is 0.117 e. The minimum atomic E-state index is -1.48. The van der Waals surface area contributed by atoms with E-state index in [2.05, 4.69) is 13.5 Å². The topological polar surface area (TPSA) is 80.9 Å². The molecule has 2 bridgehead atoms. The van der Waals surface area contributed by atoms with Crippen molar-refractivity contribution in [3.63, 3.8) is 0 Å². The van der Waals surface area contributed by atoms with Gasteiger partial charge in [-0.2, -0.15) is 0 Å². The molecule has 4 aliphatic carbocycles. The van der Waals surface area contributed by atoms with Crippen molar-refractivity contribution < 1.29 is 20.4 Å². The molecule has 4 saturated carbocycles. The summed E-state index contributed by atoms with van der Waals surface area (Å²) in [7, 11) is 0. The Bertz CT molecular complexity index is 533. The molecule has 1 spiro atoms. The maximum Gasteiger partial charge on any atom is 0.117 e. The average Bonchev–Trinajstić information content (AvgIpc) is 2.78. The summed E-state index contributed by atoms with van der Waals surface area (Å²) >= 11 is 0. The van der Waals surface area contributed by atoms with Crippen molar-refractivity contribution in [2.75, 3.05) is 6.61 Å². The van der Waals surface area contributed by atoms with Gasteiger partial charge in [-0.25, -0.2) is 0 Å². The zero-order valence-corrected chi connectivity index (χ0v) is 14.0. The lowest BCUT2D eigenvalue weighted by atomic mass is 9.41. The lowest BCUT2D eigenvalue weighted by molar-refractivity contribution is -0.261. The van der Waals surface area contributed by atoms with Crippen molar-refractivity contribution in [2.45, 2.75) is 69.7 Å². The standard InChI is InChI=1S/C19H30O4/c1-11-8-18-9-12(11)3-4-13(18)17(2)6-5-15(21)19(23,10-20)14(17)7-16(18)22/h12-16,20-23H,1,3-10H2,2H3/t12-,13+,14+,15-,16+,17+,18+,19+/m1/s1. The van der Waals surface area contributed by atoms with Crippen LogP contribution in [0.5, 0.6) is 0 Å². The third kappa shape index (κ3) is 1.81. The Morgan fingerprint density at radius 1 is 1.13 bits per heavy atom. The van der Waals surface area contributed by atoms with Crippen LogP contribution < -0.4 is 0 Å². The second-order valence-electron chi connectivity index (χ2n) is 9.11. The number of fused-ring (bicyclic) bond motifs is 3. The molecule has 0 saturated heterocycles. The average molecular weight is 322 g/mol. The van der Waals surface area contributed by atoms with Gasteiger partial charge >= 0.3 is 0 Å². The number of allylic oxidation sites excluding steroid dienone is 1. The molecule has 0 heterocycles. The SMILES string of the molecule is C=C1C[C@]23C[C@H]1CC[C@H]2[C@]1(C)CC[C@@H](O)[C@](O)(CO)[C@H]1C[C@@H]3O. The molecule has 0 unspecified atom stereocenters. The van der Waals surface area contributed by atoms with Gasteiger partial charge in [0.05, 0.1) is 18.8 Å². The first kappa shape index (κ1) is 16.1. The van der Waals surface area contributed by atoms with Gasteiger partial charge < -0.3 is 20.4 Å². The van der Waals surface area contributed by atoms with Gasteiger partial charge in [-0.05, 0) is 62.2 Å². The zero-order chi connectivity index (χ0) is 16.6. The maximum atomic E-state index is 11.1. The normalized spacial score (nSPS) is 58.7. The quantitative estimate of drug-likeness (QED) is 0.553. The number of hydrogen-bond donors (Lipinski definition) is 4. The molecule has 0 aromatic carbocycles. The van der Waals surface area contributed by atoms with Crippen LogP contribution in [0.4, 0.5) is 0 Å². The van der Waals surface area contributed by atoms with Gasteiger partial charge in [-0.15, -0.1) is 0 Å². The first-order valence-electron chi connectivity index (χ1n) is 9.15. The molecule has 4 N–H and O–H groups in total. The fourth-order valence-corrected chi connectivity index (χ4v) is 7.18. The molecule has 0 aromatic heterocycles. The van der Waals surface area contributed by atoms with Crippen LogP contribution in [0.1, 0.15) is 51.9 Å². The largest absolute Gasteiger partial charge is 0.393 e. The maximum absolute atomic E-state index is 11.1. The van der Waals surface area contributed by atoms with Crippen LogP contribution in [-0.2, 0) is 0 Å². The predicted octanol–water partition coefficient (Wildman–Crippen LogP) is 1.61. The highest BCUT2D eigenvalue weighted by Gasteiger charge is 2.68. The van der Waals surface area contributed by atoms with Crippen LogP contribution in [0.3, 0.4) is 0 Å². The summed E-state index contributed by atoms with van der Waals surface area (Å²) in [5.74, 6) is 0.636. The van der Waals surface area contributed by atoms with E-state index in [1.54, 1.807) is 0 Å². The fourth-order valence-electron chi connectivity index (χ4n) is 7.18. The van der Waals surface area contributed by atoms with E-state index < -0.39 is 24.4 Å². The molecule has 0 aromatic rings. The van der Waals surface area contributed by atoms with Crippen LogP contribution in [0.2, 0.25) is 0 Å². The van der Waals surface area contributed by atoms with Gasteiger partial charge in [-0.1, -0.05) is 19.1 Å². The Morgan fingerprint density at radius 2 is 1.87 bits per heavy atom. The predicted molar refractivity (Wildman–Crippen MR) is 86.5 cm³/mol. The van der Waals surface area contributed by atoms with Crippen LogP contribution >= 0.6 is 0 Å². The minimum absolute atomic E-state index is 0.0933. The van der Waals surface area contributed by atoms with Crippen LogP contribution in [0.25, 0.3) is 0 Å². The summed E-state index contributed by atoms with van der Waals surface area (Å²) in [5.41, 5.74) is -0.417. The molecule has 4 aliphatic rings. The second-order valence-corrected chi connectivity index (χ2v) is 9.11. The Kier molecular flexibility index (Phi) is 3.36. The number of aliphatic hydroxyl groups is 4. The molecule has 0 radical (unpaired) electrons. The van der Waals surface area contributed by atoms with Gasteiger partial charge in [0.2, 0.25) is 0 Å². The van der Waals surface area contributed by atoms with Crippen molar-refractivity contribution in [3.8, 4) is 0 Å². The van der Waals surface area contributed by atoms with Gasteiger partial charge in [0, 0.05) is 11.3 Å². The van der Waals surface area contributed by atoms with Crippen LogP contribution in [-0.4, -0.2) is 44.8 Å². The van der Waals surface area contributed by atoms with E-state index in [0.717, 1.165) is 32.1 Å². The Balaban J connectivity index is 1.78. The summed E-state index contributed by atoms with van der Waals surface area (Å²) in [5, 5.41) is 42.2. The molecule has 4 nitrogen and oxygen atoms in total. The summed E-state index contributed by atoms with van der Waals surface area (Å²) < 4.78 is 0. The molecular formula is C19H30O4. The van der Waals surface area contributed by atoms with E-state index in [0.29, 0.717) is 24.7 Å². The third-order valence-electron chi connectivity index (χ3n) is 8.36. The fraction of sp³-hybridized carbons (Fsp3) is 0.895. The number of rotatable bonds is 1. The van der Waals surface area contributed by atoms with E-state index in [9.17, 15) is 20.4 Å². The Hall–Kier alpha value is -0.420. The van der Waals surface area contributed by atoms with Crippen LogP contribution in [0, 0.1) is 28.6 Å². The molecule has 4 rings (SSSR count). The van der Waals surface area contributed by atoms with Gasteiger partial charge in [0.25, 0.3) is 0 Å². The van der Waals surface area contributed by atoms with E-state index in [4.69, 9.17) is 0 Å².